The van der Waals surface area contributed by atoms with E-state index >= 15 is 0 Å². The van der Waals surface area contributed by atoms with Crippen LogP contribution in [-0.2, 0) is 20.1 Å². The minimum atomic E-state index is -1.07. The topological polar surface area (TPSA) is 119 Å². The average molecular weight is 634 g/mol. The molecule has 2 heterocycles. The van der Waals surface area contributed by atoms with Crippen LogP contribution in [0.15, 0.2) is 82.7 Å². The number of ketones is 1. The summed E-state index contributed by atoms with van der Waals surface area (Å²) in [5.74, 6) is -2.15. The number of aliphatic hydroxyl groups excluding tert-OH is 1. The van der Waals surface area contributed by atoms with Crippen LogP contribution in [0.1, 0.15) is 52.9 Å². The van der Waals surface area contributed by atoms with Crippen LogP contribution in [0.25, 0.3) is 5.76 Å². The Kier molecular flexibility index (Phi) is 9.71. The molecule has 0 aliphatic carbocycles. The van der Waals surface area contributed by atoms with E-state index in [0.29, 0.717) is 33.4 Å². The monoisotopic (exact) mass is 633 g/mol. The Hall–Kier alpha value is -4.55. The molecular formula is C32H28FN3O6S2. The SMILES string of the molecule is CCCCOc1ccc(/C(O)=C2/C(=O)C(=O)N(c3nnc(SCc4ccccc4F)s3)C2c2ccc(C(=O)OC)cc2)cc1. The normalized spacial score (nSPS) is 15.9. The molecule has 1 fully saturated rings. The summed E-state index contributed by atoms with van der Waals surface area (Å²) in [7, 11) is 1.27. The van der Waals surface area contributed by atoms with Crippen LogP contribution in [0.5, 0.6) is 5.75 Å². The number of aromatic nitrogens is 2. The van der Waals surface area contributed by atoms with E-state index in [4.69, 9.17) is 9.47 Å². The molecule has 1 atom stereocenters. The summed E-state index contributed by atoms with van der Waals surface area (Å²) in [6, 6.07) is 18.1. The van der Waals surface area contributed by atoms with Crippen molar-refractivity contribution >= 4 is 51.6 Å². The molecule has 1 amide bonds. The predicted molar refractivity (Wildman–Crippen MR) is 165 cm³/mol. The van der Waals surface area contributed by atoms with Crippen molar-refractivity contribution in [2.24, 2.45) is 0 Å². The van der Waals surface area contributed by atoms with Crippen molar-refractivity contribution in [2.75, 3.05) is 18.6 Å². The van der Waals surface area contributed by atoms with Crippen molar-refractivity contribution < 1.29 is 33.4 Å². The minimum Gasteiger partial charge on any atom is -0.507 e. The second-order valence-electron chi connectivity index (χ2n) is 9.74. The van der Waals surface area contributed by atoms with Gasteiger partial charge >= 0.3 is 11.9 Å². The highest BCUT2D eigenvalue weighted by atomic mass is 32.2. The van der Waals surface area contributed by atoms with Crippen molar-refractivity contribution in [3.63, 3.8) is 0 Å². The number of amides is 1. The number of unbranched alkanes of at least 4 members (excludes halogenated alkanes) is 1. The molecule has 3 aromatic carbocycles. The first kappa shape index (κ1) is 30.9. The maximum atomic E-state index is 14.1. The number of nitrogens with zero attached hydrogens (tertiary/aromatic N) is 3. The van der Waals surface area contributed by atoms with Gasteiger partial charge in [-0.3, -0.25) is 14.5 Å². The van der Waals surface area contributed by atoms with E-state index in [0.717, 1.165) is 24.2 Å². The van der Waals surface area contributed by atoms with E-state index in [1.165, 1.54) is 42.0 Å². The number of benzene rings is 3. The maximum Gasteiger partial charge on any atom is 0.337 e. The summed E-state index contributed by atoms with van der Waals surface area (Å²) in [6.45, 7) is 2.61. The lowest BCUT2D eigenvalue weighted by Gasteiger charge is -2.22. The molecule has 0 bridgehead atoms. The van der Waals surface area contributed by atoms with E-state index in [1.807, 2.05) is 0 Å². The van der Waals surface area contributed by atoms with Gasteiger partial charge in [0.05, 0.1) is 30.9 Å². The summed E-state index contributed by atoms with van der Waals surface area (Å²) < 4.78 is 25.1. The van der Waals surface area contributed by atoms with E-state index in [-0.39, 0.29) is 33.6 Å². The van der Waals surface area contributed by atoms with Gasteiger partial charge in [-0.2, -0.15) is 0 Å². The molecule has 1 unspecified atom stereocenters. The number of hydrogen-bond donors (Lipinski definition) is 1. The van der Waals surface area contributed by atoms with Gasteiger partial charge in [0.25, 0.3) is 5.78 Å². The quantitative estimate of drug-likeness (QED) is 0.0372. The summed E-state index contributed by atoms with van der Waals surface area (Å²) in [4.78, 5) is 40.3. The zero-order valence-electron chi connectivity index (χ0n) is 23.9. The van der Waals surface area contributed by atoms with Crippen LogP contribution in [0, 0.1) is 5.82 Å². The van der Waals surface area contributed by atoms with Crippen molar-refractivity contribution in [1.82, 2.24) is 10.2 Å². The molecule has 9 nitrogen and oxygen atoms in total. The highest BCUT2D eigenvalue weighted by Gasteiger charge is 2.48. The van der Waals surface area contributed by atoms with E-state index in [9.17, 15) is 23.9 Å². The van der Waals surface area contributed by atoms with Gasteiger partial charge in [0.2, 0.25) is 5.13 Å². The fraction of sp³-hybridized carbons (Fsp3) is 0.219. The first-order chi connectivity index (χ1) is 21.3. The molecule has 4 aromatic rings. The number of Topliss-reactive ketones (excluding diaryl/α,β-unsaturated/α-hetero) is 1. The lowest BCUT2D eigenvalue weighted by molar-refractivity contribution is -0.132. The zero-order valence-corrected chi connectivity index (χ0v) is 25.5. The third-order valence-electron chi connectivity index (χ3n) is 6.90. The van der Waals surface area contributed by atoms with Crippen LogP contribution in [0.2, 0.25) is 0 Å². The molecule has 1 aliphatic heterocycles. The number of aliphatic hydroxyl groups is 1. The van der Waals surface area contributed by atoms with Gasteiger partial charge in [-0.05, 0) is 60.0 Å². The summed E-state index contributed by atoms with van der Waals surface area (Å²) in [6.07, 6.45) is 1.88. The van der Waals surface area contributed by atoms with Crippen LogP contribution in [0.3, 0.4) is 0 Å². The van der Waals surface area contributed by atoms with Crippen LogP contribution in [-0.4, -0.2) is 46.7 Å². The fourth-order valence-corrected chi connectivity index (χ4v) is 6.43. The van der Waals surface area contributed by atoms with Crippen molar-refractivity contribution in [2.45, 2.75) is 35.9 Å². The van der Waals surface area contributed by atoms with Crippen molar-refractivity contribution in [3.05, 3.63) is 106 Å². The number of esters is 1. The Morgan fingerprint density at radius 3 is 2.41 bits per heavy atom. The fourth-order valence-electron chi connectivity index (χ4n) is 4.58. The second kappa shape index (κ2) is 13.8. The molecule has 0 spiro atoms. The standard InChI is InChI=1S/C32H28FN3O6S2/c1-3-4-17-42-23-15-13-20(14-16-23)27(37)25-26(19-9-11-21(12-10-19)30(40)41-2)36(29(39)28(25)38)31-34-35-32(44-31)43-18-22-7-5-6-8-24(22)33/h5-16,26,37H,3-4,17-18H2,1-2H3/b27-25-. The highest BCUT2D eigenvalue weighted by Crippen LogP contribution is 2.44. The molecule has 5 rings (SSSR count). The van der Waals surface area contributed by atoms with Gasteiger partial charge in [0.15, 0.2) is 4.34 Å². The Morgan fingerprint density at radius 1 is 1.02 bits per heavy atom. The summed E-state index contributed by atoms with van der Waals surface area (Å²) in [5, 5.41) is 19.9. The molecule has 12 heteroatoms. The summed E-state index contributed by atoms with van der Waals surface area (Å²) >= 11 is 2.31. The number of ether oxygens (including phenoxy) is 2. The van der Waals surface area contributed by atoms with E-state index in [2.05, 4.69) is 17.1 Å². The van der Waals surface area contributed by atoms with E-state index in [1.54, 1.807) is 54.6 Å². The molecule has 0 saturated carbocycles. The molecule has 44 heavy (non-hydrogen) atoms. The number of methoxy groups -OCH3 is 1. The minimum absolute atomic E-state index is 0.129. The zero-order chi connectivity index (χ0) is 31.2. The Bertz CT molecular complexity index is 1710. The third-order valence-corrected chi connectivity index (χ3v) is 9.00. The van der Waals surface area contributed by atoms with Crippen LogP contribution in [0.4, 0.5) is 9.52 Å². The number of carbonyl (C=O) groups is 3. The molecule has 0 radical (unpaired) electrons. The first-order valence-corrected chi connectivity index (χ1v) is 15.5. The number of thioether (sulfide) groups is 1. The van der Waals surface area contributed by atoms with E-state index < -0.39 is 23.7 Å². The van der Waals surface area contributed by atoms with Gasteiger partial charge in [-0.15, -0.1) is 10.2 Å². The van der Waals surface area contributed by atoms with Crippen LogP contribution >= 0.6 is 23.1 Å². The Balaban J connectivity index is 1.51. The molecule has 1 aromatic heterocycles. The second-order valence-corrected chi connectivity index (χ2v) is 11.9. The first-order valence-electron chi connectivity index (χ1n) is 13.7. The lowest BCUT2D eigenvalue weighted by atomic mass is 9.94. The average Bonchev–Trinajstić information content (AvgIpc) is 3.62. The molecular weight excluding hydrogens is 605 g/mol. The van der Waals surface area contributed by atoms with Crippen molar-refractivity contribution in [3.8, 4) is 5.75 Å². The molecule has 1 saturated heterocycles. The van der Waals surface area contributed by atoms with Gasteiger partial charge in [0.1, 0.15) is 17.3 Å². The number of anilines is 1. The Morgan fingerprint density at radius 2 is 1.73 bits per heavy atom. The number of rotatable bonds is 11. The van der Waals surface area contributed by atoms with Gasteiger partial charge in [-0.1, -0.05) is 66.8 Å². The number of halogens is 1. The number of hydrogen-bond acceptors (Lipinski definition) is 10. The smallest absolute Gasteiger partial charge is 0.337 e. The van der Waals surface area contributed by atoms with Gasteiger partial charge < -0.3 is 14.6 Å². The summed E-state index contributed by atoms with van der Waals surface area (Å²) in [5.41, 5.74) is 1.39. The molecule has 226 valence electrons. The highest BCUT2D eigenvalue weighted by molar-refractivity contribution is 8.00. The molecule has 1 N–H and O–H groups in total. The lowest BCUT2D eigenvalue weighted by Crippen LogP contribution is -2.29. The van der Waals surface area contributed by atoms with Crippen molar-refractivity contribution in [1.29, 1.82) is 0 Å². The maximum absolute atomic E-state index is 14.1. The van der Waals surface area contributed by atoms with Crippen LogP contribution < -0.4 is 9.64 Å². The van der Waals surface area contributed by atoms with Gasteiger partial charge in [-0.25, -0.2) is 9.18 Å². The third kappa shape index (κ3) is 6.51. The molecule has 1 aliphatic rings. The Labute approximate surface area is 261 Å². The van der Waals surface area contributed by atoms with Gasteiger partial charge in [0, 0.05) is 11.3 Å². The largest absolute Gasteiger partial charge is 0.507 e. The number of carbonyl (C=O) groups excluding carboxylic acids is 3. The predicted octanol–water partition coefficient (Wildman–Crippen LogP) is 6.56.